The van der Waals surface area contributed by atoms with Crippen molar-refractivity contribution < 1.29 is 9.31 Å². The first-order valence-electron chi connectivity index (χ1n) is 10.1. The van der Waals surface area contributed by atoms with E-state index in [0.29, 0.717) is 0 Å². The summed E-state index contributed by atoms with van der Waals surface area (Å²) in [6, 6.07) is 21.8. The van der Waals surface area contributed by atoms with Crippen molar-refractivity contribution in [3.05, 3.63) is 66.2 Å². The topological polar surface area (TPSA) is 18.5 Å². The number of benzene rings is 3. The van der Waals surface area contributed by atoms with Gasteiger partial charge in [-0.2, -0.15) is 0 Å². The maximum Gasteiger partial charge on any atom is 0.505 e. The van der Waals surface area contributed by atoms with Crippen molar-refractivity contribution in [2.75, 3.05) is 0 Å². The fraction of sp³-hybridized carbons (Fsp3) is 0.280. The van der Waals surface area contributed by atoms with Crippen LogP contribution in [0.3, 0.4) is 0 Å². The maximum absolute atomic E-state index is 6.28. The minimum Gasteiger partial charge on any atom is -0.399 e. The first-order valence-corrected chi connectivity index (χ1v) is 11.0. The van der Waals surface area contributed by atoms with Crippen molar-refractivity contribution in [2.45, 2.75) is 45.8 Å². The average molecular weight is 400 g/mol. The van der Waals surface area contributed by atoms with Crippen molar-refractivity contribution in [3.8, 4) is 10.4 Å². The Kier molecular flexibility index (Phi) is 4.18. The van der Waals surface area contributed by atoms with Crippen molar-refractivity contribution >= 4 is 44.8 Å². The SMILES string of the molecule is Cc1c2ccccc2c(-c2ccc(B3OC(C)(C)C(C)(C)O3)s2)c2ccccc12. The molecule has 0 spiro atoms. The molecule has 0 saturated carbocycles. The van der Waals surface area contributed by atoms with E-state index >= 15 is 0 Å². The Morgan fingerprint density at radius 2 is 1.17 bits per heavy atom. The Labute approximate surface area is 176 Å². The van der Waals surface area contributed by atoms with E-state index in [0.717, 1.165) is 4.78 Å². The third-order valence-electron chi connectivity index (χ3n) is 6.56. The molecule has 4 heteroatoms. The van der Waals surface area contributed by atoms with E-state index in [1.807, 2.05) is 0 Å². The van der Waals surface area contributed by atoms with Gasteiger partial charge in [0.1, 0.15) is 0 Å². The third-order valence-corrected chi connectivity index (χ3v) is 7.68. The second kappa shape index (κ2) is 6.43. The second-order valence-corrected chi connectivity index (χ2v) is 10.00. The van der Waals surface area contributed by atoms with E-state index in [2.05, 4.69) is 95.3 Å². The predicted octanol–water partition coefficient (Wildman–Crippen LogP) is 6.33. The Balaban J connectivity index is 1.69. The van der Waals surface area contributed by atoms with E-state index in [9.17, 15) is 0 Å². The van der Waals surface area contributed by atoms with Gasteiger partial charge in [-0.3, -0.25) is 0 Å². The predicted molar refractivity (Wildman–Crippen MR) is 125 cm³/mol. The summed E-state index contributed by atoms with van der Waals surface area (Å²) in [5.74, 6) is 0. The zero-order valence-electron chi connectivity index (χ0n) is 17.6. The number of thiophene rings is 1. The molecule has 29 heavy (non-hydrogen) atoms. The molecule has 0 atom stereocenters. The van der Waals surface area contributed by atoms with Crippen LogP contribution in [-0.2, 0) is 9.31 Å². The zero-order chi connectivity index (χ0) is 20.4. The molecule has 146 valence electrons. The number of hydrogen-bond acceptors (Lipinski definition) is 3. The molecule has 5 rings (SSSR count). The van der Waals surface area contributed by atoms with Gasteiger partial charge in [-0.1, -0.05) is 54.6 Å². The van der Waals surface area contributed by atoms with Crippen molar-refractivity contribution in [1.82, 2.24) is 0 Å². The number of aryl methyl sites for hydroxylation is 1. The Hall–Kier alpha value is -2.14. The van der Waals surface area contributed by atoms with E-state index in [-0.39, 0.29) is 18.3 Å². The minimum atomic E-state index is -0.328. The summed E-state index contributed by atoms with van der Waals surface area (Å²) in [6.45, 7) is 10.6. The molecule has 1 fully saturated rings. The summed E-state index contributed by atoms with van der Waals surface area (Å²) in [5.41, 5.74) is 1.98. The van der Waals surface area contributed by atoms with Gasteiger partial charge in [-0.25, -0.2) is 0 Å². The van der Waals surface area contributed by atoms with E-state index in [4.69, 9.17) is 9.31 Å². The minimum absolute atomic E-state index is 0.318. The van der Waals surface area contributed by atoms with Gasteiger partial charge in [-0.15, -0.1) is 11.3 Å². The summed E-state index contributed by atoms with van der Waals surface area (Å²) >= 11 is 1.77. The van der Waals surface area contributed by atoms with Gasteiger partial charge in [0.15, 0.2) is 0 Å². The summed E-state index contributed by atoms with van der Waals surface area (Å²) in [4.78, 5) is 1.25. The second-order valence-electron chi connectivity index (χ2n) is 8.88. The molecule has 3 aromatic carbocycles. The lowest BCUT2D eigenvalue weighted by Crippen LogP contribution is -2.41. The van der Waals surface area contributed by atoms with Crippen LogP contribution in [0.1, 0.15) is 33.3 Å². The molecule has 1 aliphatic heterocycles. The van der Waals surface area contributed by atoms with Gasteiger partial charge in [0, 0.05) is 15.2 Å². The molecule has 4 aromatic rings. The normalized spacial score (nSPS) is 18.0. The molecule has 2 nitrogen and oxygen atoms in total. The van der Waals surface area contributed by atoms with Crippen LogP contribution in [0.25, 0.3) is 32.0 Å². The van der Waals surface area contributed by atoms with Gasteiger partial charge in [0.2, 0.25) is 0 Å². The first kappa shape index (κ1) is 18.9. The molecule has 0 unspecified atom stereocenters. The van der Waals surface area contributed by atoms with Crippen LogP contribution in [0.5, 0.6) is 0 Å². The quantitative estimate of drug-likeness (QED) is 0.289. The third kappa shape index (κ3) is 2.85. The monoisotopic (exact) mass is 400 g/mol. The Morgan fingerprint density at radius 1 is 0.690 bits per heavy atom. The highest BCUT2D eigenvalue weighted by atomic mass is 32.1. The highest BCUT2D eigenvalue weighted by Gasteiger charge is 2.52. The molecule has 0 aliphatic carbocycles. The summed E-state index contributed by atoms with van der Waals surface area (Å²) < 4.78 is 13.7. The van der Waals surface area contributed by atoms with Crippen LogP contribution in [0, 0.1) is 6.92 Å². The molecule has 0 bridgehead atoms. The Morgan fingerprint density at radius 3 is 1.69 bits per heavy atom. The van der Waals surface area contributed by atoms with Crippen LogP contribution in [0.2, 0.25) is 0 Å². The molecular weight excluding hydrogens is 375 g/mol. The Bertz CT molecular complexity index is 1170. The summed E-state index contributed by atoms with van der Waals surface area (Å²) in [7, 11) is -0.318. The molecular formula is C25H25BO2S. The van der Waals surface area contributed by atoms with Crippen molar-refractivity contribution in [3.63, 3.8) is 0 Å². The number of fused-ring (bicyclic) bond motifs is 2. The highest BCUT2D eigenvalue weighted by molar-refractivity contribution is 7.25. The van der Waals surface area contributed by atoms with Gasteiger partial charge in [0.05, 0.1) is 11.2 Å². The largest absolute Gasteiger partial charge is 0.505 e. The molecule has 0 radical (unpaired) electrons. The van der Waals surface area contributed by atoms with Crippen LogP contribution in [0.4, 0.5) is 0 Å². The number of hydrogen-bond donors (Lipinski definition) is 0. The van der Waals surface area contributed by atoms with Crippen LogP contribution < -0.4 is 4.78 Å². The first-order chi connectivity index (χ1) is 13.8. The van der Waals surface area contributed by atoms with Crippen LogP contribution >= 0.6 is 11.3 Å². The van der Waals surface area contributed by atoms with E-state index < -0.39 is 0 Å². The molecule has 0 amide bonds. The molecule has 1 aliphatic rings. The van der Waals surface area contributed by atoms with Crippen LogP contribution in [0.15, 0.2) is 60.7 Å². The van der Waals surface area contributed by atoms with Gasteiger partial charge in [-0.05, 0) is 67.8 Å². The summed E-state index contributed by atoms with van der Waals surface area (Å²) in [5, 5.41) is 5.22. The van der Waals surface area contributed by atoms with E-state index in [1.165, 1.54) is 37.5 Å². The molecule has 2 heterocycles. The summed E-state index contributed by atoms with van der Waals surface area (Å²) in [6.07, 6.45) is 0. The van der Waals surface area contributed by atoms with Crippen LogP contribution in [-0.4, -0.2) is 18.3 Å². The molecule has 1 aromatic heterocycles. The molecule has 1 saturated heterocycles. The van der Waals surface area contributed by atoms with Gasteiger partial charge < -0.3 is 9.31 Å². The van der Waals surface area contributed by atoms with Gasteiger partial charge >= 0.3 is 7.12 Å². The lowest BCUT2D eigenvalue weighted by molar-refractivity contribution is 0.00578. The van der Waals surface area contributed by atoms with Crippen molar-refractivity contribution in [2.24, 2.45) is 0 Å². The number of rotatable bonds is 2. The standard InChI is InChI=1S/C25H25BO2S/c1-16-17-10-6-8-12-19(17)23(20-13-9-7-11-18(16)20)21-14-15-22(29-21)26-27-24(2,3)25(4,5)28-26/h6-15H,1-5H3. The lowest BCUT2D eigenvalue weighted by Gasteiger charge is -2.32. The van der Waals surface area contributed by atoms with Gasteiger partial charge in [0.25, 0.3) is 0 Å². The fourth-order valence-electron chi connectivity index (χ4n) is 4.18. The molecule has 0 N–H and O–H groups in total. The smallest absolute Gasteiger partial charge is 0.399 e. The van der Waals surface area contributed by atoms with Crippen molar-refractivity contribution in [1.29, 1.82) is 0 Å². The fourth-order valence-corrected chi connectivity index (χ4v) is 5.23. The van der Waals surface area contributed by atoms with E-state index in [1.54, 1.807) is 11.3 Å². The highest BCUT2D eigenvalue weighted by Crippen LogP contribution is 2.41. The lowest BCUT2D eigenvalue weighted by atomic mass is 9.88. The zero-order valence-corrected chi connectivity index (χ0v) is 18.4. The average Bonchev–Trinajstić information content (AvgIpc) is 3.25. The maximum atomic E-state index is 6.28.